The highest BCUT2D eigenvalue weighted by Gasteiger charge is 2.55. The van der Waals surface area contributed by atoms with Crippen LogP contribution < -0.4 is 5.73 Å². The Morgan fingerprint density at radius 3 is 2.88 bits per heavy atom. The normalized spacial score (nSPS) is 33.5. The number of hydrogen-bond acceptors (Lipinski definition) is 1. The number of benzene rings is 1. The van der Waals surface area contributed by atoms with Crippen LogP contribution in [-0.2, 0) is 6.42 Å². The lowest BCUT2D eigenvalue weighted by Crippen LogP contribution is -2.31. The fourth-order valence-electron chi connectivity index (χ4n) is 3.80. The molecule has 1 aromatic rings. The number of fused-ring (bicyclic) bond motifs is 3. The molecule has 0 radical (unpaired) electrons. The fraction of sp³-hybridized carbons (Fsp3) is 0.625. The van der Waals surface area contributed by atoms with Crippen molar-refractivity contribution in [1.29, 1.82) is 0 Å². The van der Waals surface area contributed by atoms with Gasteiger partial charge in [0.2, 0.25) is 0 Å². The predicted molar refractivity (Wildman–Crippen MR) is 71.9 cm³/mol. The highest BCUT2D eigenvalue weighted by atomic mass is 14.8. The smallest absolute Gasteiger partial charge is 0.0102 e. The third-order valence-electron chi connectivity index (χ3n) is 5.14. The Morgan fingerprint density at radius 1 is 1.35 bits per heavy atom. The lowest BCUT2D eigenvalue weighted by molar-refractivity contribution is 0.384. The van der Waals surface area contributed by atoms with E-state index < -0.39 is 0 Å². The first-order valence-corrected chi connectivity index (χ1v) is 7.07. The van der Waals surface area contributed by atoms with Gasteiger partial charge in [-0.3, -0.25) is 0 Å². The van der Waals surface area contributed by atoms with Crippen molar-refractivity contribution in [2.45, 2.75) is 45.1 Å². The molecule has 1 heteroatoms. The number of hydrogen-bond donors (Lipinski definition) is 1. The average Bonchev–Trinajstić information content (AvgIpc) is 3.11. The minimum absolute atomic E-state index is 0.404. The molecule has 0 amide bonds. The maximum atomic E-state index is 6.45. The summed E-state index contributed by atoms with van der Waals surface area (Å²) in [5.41, 5.74) is 9.63. The number of aryl methyl sites for hydroxylation is 1. The van der Waals surface area contributed by atoms with Crippen LogP contribution in [0.2, 0.25) is 0 Å². The fourth-order valence-corrected chi connectivity index (χ4v) is 3.80. The standard InChI is InChI=1S/C16H23N/c1-3-10(2)16(17)15-13-9-8-11-6-4-5-7-12(11)14(13)15/h4-7,10,13-16H,3,8-9,17H2,1-2H3. The van der Waals surface area contributed by atoms with Gasteiger partial charge >= 0.3 is 0 Å². The van der Waals surface area contributed by atoms with Gasteiger partial charge in [-0.25, -0.2) is 0 Å². The third-order valence-corrected chi connectivity index (χ3v) is 5.14. The Hall–Kier alpha value is -0.820. The van der Waals surface area contributed by atoms with Gasteiger partial charge in [0.15, 0.2) is 0 Å². The van der Waals surface area contributed by atoms with E-state index in [-0.39, 0.29) is 0 Å². The Balaban J connectivity index is 1.82. The molecule has 3 rings (SSSR count). The lowest BCUT2D eigenvalue weighted by Gasteiger charge is -2.18. The Labute approximate surface area is 104 Å². The zero-order valence-corrected chi connectivity index (χ0v) is 10.9. The zero-order chi connectivity index (χ0) is 12.0. The van der Waals surface area contributed by atoms with Crippen molar-refractivity contribution in [2.75, 3.05) is 0 Å². The van der Waals surface area contributed by atoms with Crippen molar-refractivity contribution in [3.63, 3.8) is 0 Å². The van der Waals surface area contributed by atoms with Crippen LogP contribution in [0.4, 0.5) is 0 Å². The Bertz CT molecular complexity index is 412. The summed E-state index contributed by atoms with van der Waals surface area (Å²) in [4.78, 5) is 0. The van der Waals surface area contributed by atoms with E-state index in [1.807, 2.05) is 0 Å². The van der Waals surface area contributed by atoms with E-state index in [9.17, 15) is 0 Å². The van der Waals surface area contributed by atoms with E-state index in [2.05, 4.69) is 38.1 Å². The maximum Gasteiger partial charge on any atom is 0.0102 e. The molecule has 92 valence electrons. The summed E-state index contributed by atoms with van der Waals surface area (Å²) in [5.74, 6) is 3.09. The van der Waals surface area contributed by atoms with Crippen molar-refractivity contribution in [2.24, 2.45) is 23.5 Å². The summed E-state index contributed by atoms with van der Waals surface area (Å²) >= 11 is 0. The highest BCUT2D eigenvalue weighted by molar-refractivity contribution is 5.40. The van der Waals surface area contributed by atoms with E-state index in [4.69, 9.17) is 5.73 Å². The van der Waals surface area contributed by atoms with Gasteiger partial charge in [-0.1, -0.05) is 44.5 Å². The van der Waals surface area contributed by atoms with Crippen LogP contribution >= 0.6 is 0 Å². The molecule has 2 N–H and O–H groups in total. The average molecular weight is 229 g/mol. The Morgan fingerprint density at radius 2 is 2.12 bits per heavy atom. The first kappa shape index (κ1) is 11.3. The summed E-state index contributed by atoms with van der Waals surface area (Å²) in [5, 5.41) is 0. The second-order valence-corrected chi connectivity index (χ2v) is 5.97. The van der Waals surface area contributed by atoms with Gasteiger partial charge in [-0.2, -0.15) is 0 Å². The number of nitrogens with two attached hydrogens (primary N) is 1. The molecule has 5 atom stereocenters. The third kappa shape index (κ3) is 1.72. The molecule has 0 bridgehead atoms. The molecule has 0 spiro atoms. The zero-order valence-electron chi connectivity index (χ0n) is 10.9. The molecule has 1 saturated carbocycles. The van der Waals surface area contributed by atoms with Gasteiger partial charge in [0.25, 0.3) is 0 Å². The van der Waals surface area contributed by atoms with Gasteiger partial charge in [-0.05, 0) is 47.6 Å². The van der Waals surface area contributed by atoms with Crippen LogP contribution in [0.1, 0.15) is 43.7 Å². The van der Waals surface area contributed by atoms with Crippen molar-refractivity contribution >= 4 is 0 Å². The van der Waals surface area contributed by atoms with Gasteiger partial charge in [0, 0.05) is 6.04 Å². The number of rotatable bonds is 3. The van der Waals surface area contributed by atoms with Crippen molar-refractivity contribution in [1.82, 2.24) is 0 Å². The SMILES string of the molecule is CCC(C)C(N)C1C2CCc3ccccc3C21. The molecular formula is C16H23N. The molecule has 17 heavy (non-hydrogen) atoms. The molecule has 2 aliphatic carbocycles. The summed E-state index contributed by atoms with van der Waals surface area (Å²) in [7, 11) is 0. The van der Waals surface area contributed by atoms with E-state index >= 15 is 0 Å². The largest absolute Gasteiger partial charge is 0.327 e. The van der Waals surface area contributed by atoms with Gasteiger partial charge in [-0.15, -0.1) is 0 Å². The summed E-state index contributed by atoms with van der Waals surface area (Å²) in [6.07, 6.45) is 3.83. The molecular weight excluding hydrogens is 206 g/mol. The highest BCUT2D eigenvalue weighted by Crippen LogP contribution is 2.61. The van der Waals surface area contributed by atoms with E-state index in [1.54, 1.807) is 11.1 Å². The molecule has 0 heterocycles. The van der Waals surface area contributed by atoms with E-state index in [1.165, 1.54) is 19.3 Å². The van der Waals surface area contributed by atoms with Crippen molar-refractivity contribution in [3.8, 4) is 0 Å². The summed E-state index contributed by atoms with van der Waals surface area (Å²) < 4.78 is 0. The summed E-state index contributed by atoms with van der Waals surface area (Å²) in [6.45, 7) is 4.56. The van der Waals surface area contributed by atoms with Crippen molar-refractivity contribution < 1.29 is 0 Å². The van der Waals surface area contributed by atoms with Crippen LogP contribution in [0.25, 0.3) is 0 Å². The molecule has 0 aromatic heterocycles. The monoisotopic (exact) mass is 229 g/mol. The van der Waals surface area contributed by atoms with Crippen LogP contribution in [0.3, 0.4) is 0 Å². The first-order valence-electron chi connectivity index (χ1n) is 7.07. The van der Waals surface area contributed by atoms with Gasteiger partial charge in [0.05, 0.1) is 0 Å². The lowest BCUT2D eigenvalue weighted by atomic mass is 9.91. The molecule has 1 nitrogen and oxygen atoms in total. The molecule has 2 aliphatic rings. The quantitative estimate of drug-likeness (QED) is 0.845. The van der Waals surface area contributed by atoms with Crippen LogP contribution in [0.5, 0.6) is 0 Å². The second kappa shape index (κ2) is 4.13. The van der Waals surface area contributed by atoms with Crippen LogP contribution in [0, 0.1) is 17.8 Å². The molecule has 0 saturated heterocycles. The summed E-state index contributed by atoms with van der Waals surface area (Å²) in [6, 6.07) is 9.39. The molecule has 5 unspecified atom stereocenters. The minimum Gasteiger partial charge on any atom is -0.327 e. The van der Waals surface area contributed by atoms with E-state index in [0.717, 1.165) is 17.8 Å². The Kier molecular flexibility index (Phi) is 2.74. The topological polar surface area (TPSA) is 26.0 Å². The predicted octanol–water partition coefficient (Wildman–Crippen LogP) is 3.34. The van der Waals surface area contributed by atoms with Crippen molar-refractivity contribution in [3.05, 3.63) is 35.4 Å². The van der Waals surface area contributed by atoms with Crippen LogP contribution in [-0.4, -0.2) is 6.04 Å². The maximum absolute atomic E-state index is 6.45. The molecule has 0 aliphatic heterocycles. The second-order valence-electron chi connectivity index (χ2n) is 5.97. The molecule has 1 fully saturated rings. The van der Waals surface area contributed by atoms with E-state index in [0.29, 0.717) is 12.0 Å². The minimum atomic E-state index is 0.404. The van der Waals surface area contributed by atoms with Crippen LogP contribution in [0.15, 0.2) is 24.3 Å². The molecule has 1 aromatic carbocycles. The van der Waals surface area contributed by atoms with Gasteiger partial charge in [0.1, 0.15) is 0 Å². The first-order chi connectivity index (χ1) is 8.24. The van der Waals surface area contributed by atoms with Gasteiger partial charge < -0.3 is 5.73 Å².